The lowest BCUT2D eigenvalue weighted by Crippen LogP contribution is -2.49. The van der Waals surface area contributed by atoms with Crippen molar-refractivity contribution in [1.82, 2.24) is 10.2 Å². The molecule has 0 radical (unpaired) electrons. The second-order valence-electron chi connectivity index (χ2n) is 7.18. The highest BCUT2D eigenvalue weighted by Crippen LogP contribution is 2.22. The van der Waals surface area contributed by atoms with Crippen LogP contribution in [0.5, 0.6) is 5.75 Å². The molecule has 2 aromatic rings. The van der Waals surface area contributed by atoms with Crippen LogP contribution in [-0.2, 0) is 16.1 Å². The Balaban J connectivity index is 2.16. The standard InChI is InChI=1S/C24H31ClN2O3S/c1-4-6-15-26-24(29)22(5-2)27(16-18-7-11-20(30-3)12-8-18)23(28)17-31-21-13-9-19(25)10-14-21/h7-14,22H,4-6,15-17H2,1-3H3,(H,26,29)/t22-/m1/s1. The molecule has 0 aromatic heterocycles. The minimum atomic E-state index is -0.516. The molecule has 2 amide bonds. The molecule has 0 aliphatic rings. The molecule has 1 atom stereocenters. The molecule has 0 aliphatic carbocycles. The van der Waals surface area contributed by atoms with Crippen LogP contribution >= 0.6 is 23.4 Å². The van der Waals surface area contributed by atoms with E-state index < -0.39 is 6.04 Å². The fourth-order valence-electron chi connectivity index (χ4n) is 3.11. The fourth-order valence-corrected chi connectivity index (χ4v) is 4.02. The van der Waals surface area contributed by atoms with Crippen molar-refractivity contribution in [2.45, 2.75) is 50.6 Å². The molecule has 0 saturated carbocycles. The fraction of sp³-hybridized carbons (Fsp3) is 0.417. The first-order valence-electron chi connectivity index (χ1n) is 10.6. The molecule has 0 saturated heterocycles. The third-order valence-corrected chi connectivity index (χ3v) is 6.15. The van der Waals surface area contributed by atoms with E-state index in [0.29, 0.717) is 24.5 Å². The summed E-state index contributed by atoms with van der Waals surface area (Å²) in [5.74, 6) is 0.822. The van der Waals surface area contributed by atoms with Gasteiger partial charge in [0.05, 0.1) is 12.9 Å². The normalized spacial score (nSPS) is 11.6. The number of halogens is 1. The Morgan fingerprint density at radius 2 is 1.77 bits per heavy atom. The van der Waals surface area contributed by atoms with E-state index in [1.807, 2.05) is 43.3 Å². The number of hydrogen-bond acceptors (Lipinski definition) is 4. The summed E-state index contributed by atoms with van der Waals surface area (Å²) < 4.78 is 5.22. The molecular formula is C24H31ClN2O3S. The summed E-state index contributed by atoms with van der Waals surface area (Å²) in [5, 5.41) is 3.64. The second kappa shape index (κ2) is 13.3. The number of nitrogens with one attached hydrogen (secondary N) is 1. The summed E-state index contributed by atoms with van der Waals surface area (Å²) in [6.07, 6.45) is 2.47. The van der Waals surface area contributed by atoms with Crippen molar-refractivity contribution < 1.29 is 14.3 Å². The Kier molecular flexibility index (Phi) is 10.7. The van der Waals surface area contributed by atoms with Gasteiger partial charge in [-0.25, -0.2) is 0 Å². The topological polar surface area (TPSA) is 58.6 Å². The highest BCUT2D eigenvalue weighted by Gasteiger charge is 2.28. The molecule has 2 rings (SSSR count). The molecule has 0 unspecified atom stereocenters. The molecule has 0 bridgehead atoms. The van der Waals surface area contributed by atoms with Gasteiger partial charge < -0.3 is 15.0 Å². The van der Waals surface area contributed by atoms with Gasteiger partial charge in [-0.15, -0.1) is 11.8 Å². The van der Waals surface area contributed by atoms with Crippen LogP contribution < -0.4 is 10.1 Å². The molecule has 1 N–H and O–H groups in total. The Labute approximate surface area is 194 Å². The number of rotatable bonds is 12. The van der Waals surface area contributed by atoms with Gasteiger partial charge in [0.1, 0.15) is 11.8 Å². The summed E-state index contributed by atoms with van der Waals surface area (Å²) in [6, 6.07) is 14.5. The van der Waals surface area contributed by atoms with Gasteiger partial charge in [0.2, 0.25) is 11.8 Å². The number of methoxy groups -OCH3 is 1. The van der Waals surface area contributed by atoms with Gasteiger partial charge in [0, 0.05) is 23.0 Å². The molecule has 7 heteroatoms. The zero-order chi connectivity index (χ0) is 22.6. The quantitative estimate of drug-likeness (QED) is 0.349. The van der Waals surface area contributed by atoms with Crippen molar-refractivity contribution in [3.05, 3.63) is 59.1 Å². The number of carbonyl (C=O) groups is 2. The van der Waals surface area contributed by atoms with Gasteiger partial charge in [-0.3, -0.25) is 9.59 Å². The van der Waals surface area contributed by atoms with Crippen molar-refractivity contribution in [2.24, 2.45) is 0 Å². The Morgan fingerprint density at radius 1 is 1.10 bits per heavy atom. The summed E-state index contributed by atoms with van der Waals surface area (Å²) >= 11 is 7.39. The SMILES string of the molecule is CCCCNC(=O)[C@@H](CC)N(Cc1ccc(OC)cc1)C(=O)CSc1ccc(Cl)cc1. The number of nitrogens with zero attached hydrogens (tertiary/aromatic N) is 1. The average Bonchev–Trinajstić information content (AvgIpc) is 2.79. The van der Waals surface area contributed by atoms with E-state index in [4.69, 9.17) is 16.3 Å². The van der Waals surface area contributed by atoms with Crippen molar-refractivity contribution >= 4 is 35.2 Å². The zero-order valence-corrected chi connectivity index (χ0v) is 20.0. The molecule has 0 fully saturated rings. The highest BCUT2D eigenvalue weighted by atomic mass is 35.5. The largest absolute Gasteiger partial charge is 0.497 e. The number of hydrogen-bond donors (Lipinski definition) is 1. The molecule has 168 valence electrons. The number of ether oxygens (including phenoxy) is 1. The Morgan fingerprint density at radius 3 is 2.35 bits per heavy atom. The minimum Gasteiger partial charge on any atom is -0.497 e. The predicted molar refractivity (Wildman–Crippen MR) is 128 cm³/mol. The van der Waals surface area contributed by atoms with Gasteiger partial charge in [0.25, 0.3) is 0 Å². The molecule has 31 heavy (non-hydrogen) atoms. The maximum atomic E-state index is 13.2. The smallest absolute Gasteiger partial charge is 0.242 e. The average molecular weight is 463 g/mol. The van der Waals surface area contributed by atoms with Crippen LogP contribution in [0, 0.1) is 0 Å². The highest BCUT2D eigenvalue weighted by molar-refractivity contribution is 8.00. The van der Waals surface area contributed by atoms with E-state index in [1.165, 1.54) is 11.8 Å². The summed E-state index contributed by atoms with van der Waals surface area (Å²) in [7, 11) is 1.62. The first-order chi connectivity index (χ1) is 15.0. The van der Waals surface area contributed by atoms with Crippen molar-refractivity contribution in [3.8, 4) is 5.75 Å². The maximum absolute atomic E-state index is 13.2. The monoisotopic (exact) mass is 462 g/mol. The molecule has 0 aliphatic heterocycles. The van der Waals surface area contributed by atoms with Crippen LogP contribution in [0.4, 0.5) is 0 Å². The molecule has 2 aromatic carbocycles. The first kappa shape index (κ1) is 25.1. The molecule has 5 nitrogen and oxygen atoms in total. The Bertz CT molecular complexity index is 828. The predicted octanol–water partition coefficient (Wildman–Crippen LogP) is 5.16. The maximum Gasteiger partial charge on any atom is 0.242 e. The van der Waals surface area contributed by atoms with E-state index in [-0.39, 0.29) is 17.6 Å². The van der Waals surface area contributed by atoms with Gasteiger partial charge in [-0.2, -0.15) is 0 Å². The van der Waals surface area contributed by atoms with E-state index >= 15 is 0 Å². The van der Waals surface area contributed by atoms with Crippen molar-refractivity contribution in [3.63, 3.8) is 0 Å². The third kappa shape index (κ3) is 8.11. The van der Waals surface area contributed by atoms with Crippen LogP contribution in [0.15, 0.2) is 53.4 Å². The summed E-state index contributed by atoms with van der Waals surface area (Å²) in [4.78, 5) is 28.7. The van der Waals surface area contributed by atoms with Gasteiger partial charge >= 0.3 is 0 Å². The summed E-state index contributed by atoms with van der Waals surface area (Å²) in [6.45, 7) is 5.00. The molecule has 0 heterocycles. The Hall–Kier alpha value is -2.18. The lowest BCUT2D eigenvalue weighted by atomic mass is 10.1. The first-order valence-corrected chi connectivity index (χ1v) is 11.9. The molecule has 0 spiro atoms. The van der Waals surface area contributed by atoms with E-state index in [0.717, 1.165) is 29.1 Å². The molecular weight excluding hydrogens is 432 g/mol. The summed E-state index contributed by atoms with van der Waals surface area (Å²) in [5.41, 5.74) is 0.949. The lowest BCUT2D eigenvalue weighted by Gasteiger charge is -2.30. The van der Waals surface area contributed by atoms with Gasteiger partial charge in [-0.1, -0.05) is 44.0 Å². The zero-order valence-electron chi connectivity index (χ0n) is 18.4. The number of benzene rings is 2. The number of unbranched alkanes of at least 4 members (excludes halogenated alkanes) is 1. The van der Waals surface area contributed by atoms with E-state index in [1.54, 1.807) is 24.1 Å². The van der Waals surface area contributed by atoms with E-state index in [9.17, 15) is 9.59 Å². The van der Waals surface area contributed by atoms with Crippen LogP contribution in [0.3, 0.4) is 0 Å². The lowest BCUT2D eigenvalue weighted by molar-refractivity contribution is -0.139. The van der Waals surface area contributed by atoms with Crippen LogP contribution in [0.1, 0.15) is 38.7 Å². The van der Waals surface area contributed by atoms with E-state index in [2.05, 4.69) is 12.2 Å². The van der Waals surface area contributed by atoms with Crippen molar-refractivity contribution in [1.29, 1.82) is 0 Å². The van der Waals surface area contributed by atoms with Crippen LogP contribution in [-0.4, -0.2) is 42.2 Å². The number of carbonyl (C=O) groups excluding carboxylic acids is 2. The second-order valence-corrected chi connectivity index (χ2v) is 8.67. The van der Waals surface area contributed by atoms with Crippen LogP contribution in [0.25, 0.3) is 0 Å². The van der Waals surface area contributed by atoms with Gasteiger partial charge in [0.15, 0.2) is 0 Å². The third-order valence-electron chi connectivity index (χ3n) is 4.90. The number of amides is 2. The van der Waals surface area contributed by atoms with Crippen LogP contribution in [0.2, 0.25) is 5.02 Å². The minimum absolute atomic E-state index is 0.0757. The van der Waals surface area contributed by atoms with Gasteiger partial charge in [-0.05, 0) is 54.8 Å². The van der Waals surface area contributed by atoms with Crippen molar-refractivity contribution in [2.75, 3.05) is 19.4 Å². The number of thioether (sulfide) groups is 1.